The Kier molecular flexibility index (Phi) is 4.44. The summed E-state index contributed by atoms with van der Waals surface area (Å²) < 4.78 is 5.73. The molecule has 4 aromatic rings. The summed E-state index contributed by atoms with van der Waals surface area (Å²) in [5.41, 5.74) is 10.2. The van der Waals surface area contributed by atoms with Crippen LogP contribution in [0, 0.1) is 10.6 Å². The number of halogens is 1. The fourth-order valence-corrected chi connectivity index (χ4v) is 3.37. The van der Waals surface area contributed by atoms with Crippen LogP contribution in [-0.2, 0) is 0 Å². The zero-order valence-corrected chi connectivity index (χ0v) is 16.3. The zero-order valence-electron chi connectivity index (χ0n) is 14.1. The number of nitrogens with two attached hydrogens (primary N) is 1. The average Bonchev–Trinajstić information content (AvgIpc) is 3.02. The van der Waals surface area contributed by atoms with Crippen LogP contribution < -0.4 is 10.5 Å². The molecule has 0 aromatic carbocycles. The molecule has 27 heavy (non-hydrogen) atoms. The molecule has 0 fully saturated rings. The van der Waals surface area contributed by atoms with Crippen LogP contribution in [0.5, 0.6) is 5.75 Å². The highest BCUT2D eigenvalue weighted by Crippen LogP contribution is 2.33. The predicted octanol–water partition coefficient (Wildman–Crippen LogP) is 3.45. The molecule has 4 aromatic heterocycles. The van der Waals surface area contributed by atoms with E-state index in [0.717, 1.165) is 20.7 Å². The zero-order chi connectivity index (χ0) is 19.0. The van der Waals surface area contributed by atoms with Crippen LogP contribution in [-0.4, -0.2) is 31.2 Å². The largest absolute Gasteiger partial charge is 0.410 e. The summed E-state index contributed by atoms with van der Waals surface area (Å²) in [5.74, 6) is 0.238. The first kappa shape index (κ1) is 17.3. The van der Waals surface area contributed by atoms with E-state index in [2.05, 4.69) is 47.7 Å². The number of aromatic nitrogens is 5. The van der Waals surface area contributed by atoms with Gasteiger partial charge in [0, 0.05) is 11.8 Å². The first-order valence-corrected chi connectivity index (χ1v) is 9.01. The van der Waals surface area contributed by atoms with E-state index in [9.17, 15) is 4.79 Å². The second kappa shape index (κ2) is 6.91. The maximum atomic E-state index is 11.0. The number of fused-ring (bicyclic) bond motifs is 1. The van der Waals surface area contributed by atoms with Crippen molar-refractivity contribution in [2.75, 3.05) is 0 Å². The fraction of sp³-hybridized carbons (Fsp3) is 0.0556. The van der Waals surface area contributed by atoms with Crippen LogP contribution in [0.4, 0.5) is 4.79 Å². The summed E-state index contributed by atoms with van der Waals surface area (Å²) in [4.78, 5) is 24.4. The van der Waals surface area contributed by atoms with Crippen molar-refractivity contribution in [1.82, 2.24) is 25.1 Å². The van der Waals surface area contributed by atoms with Crippen molar-refractivity contribution in [3.63, 3.8) is 0 Å². The van der Waals surface area contributed by atoms with Gasteiger partial charge in [0.15, 0.2) is 5.75 Å². The maximum Gasteiger partial charge on any atom is 0.410 e. The number of H-pyrrole nitrogens is 1. The lowest BCUT2D eigenvalue weighted by Crippen LogP contribution is -2.16. The molecule has 9 heteroatoms. The standard InChI is InChI=1S/C18H13IN6O2/c1-9-3-2-4-13(22-9)16-15(17(19)25-24-16)12-6-5-11-14(23-12)7-10(8-21-11)27-18(20)26/h2-8H,1H3,(H2,20,26)(H,24,25). The van der Waals surface area contributed by atoms with E-state index in [0.29, 0.717) is 22.4 Å². The van der Waals surface area contributed by atoms with Gasteiger partial charge in [0.1, 0.15) is 9.39 Å². The van der Waals surface area contributed by atoms with Crippen molar-refractivity contribution in [3.05, 3.63) is 52.0 Å². The highest BCUT2D eigenvalue weighted by atomic mass is 127. The van der Waals surface area contributed by atoms with E-state index in [1.54, 1.807) is 6.07 Å². The second-order valence-corrected chi connectivity index (χ2v) is 6.83. The van der Waals surface area contributed by atoms with Gasteiger partial charge in [-0.15, -0.1) is 0 Å². The summed E-state index contributed by atoms with van der Waals surface area (Å²) in [6.07, 6.45) is 0.530. The molecule has 1 amide bonds. The lowest BCUT2D eigenvalue weighted by Gasteiger charge is -2.06. The van der Waals surface area contributed by atoms with Gasteiger partial charge in [-0.25, -0.2) is 9.78 Å². The minimum Gasteiger partial charge on any atom is -0.409 e. The van der Waals surface area contributed by atoms with E-state index in [4.69, 9.17) is 10.5 Å². The van der Waals surface area contributed by atoms with Gasteiger partial charge in [0.25, 0.3) is 0 Å². The van der Waals surface area contributed by atoms with Gasteiger partial charge in [-0.1, -0.05) is 6.07 Å². The summed E-state index contributed by atoms with van der Waals surface area (Å²) in [6, 6.07) is 11.1. The number of carbonyl (C=O) groups excluding carboxylic acids is 1. The molecular weight excluding hydrogens is 459 g/mol. The number of pyridine rings is 3. The van der Waals surface area contributed by atoms with Gasteiger partial charge in [-0.05, 0) is 53.8 Å². The molecule has 4 heterocycles. The van der Waals surface area contributed by atoms with Crippen LogP contribution in [0.15, 0.2) is 42.6 Å². The Labute approximate surface area is 167 Å². The van der Waals surface area contributed by atoms with Crippen molar-refractivity contribution < 1.29 is 9.53 Å². The summed E-state index contributed by atoms with van der Waals surface area (Å²) in [5, 5.41) is 7.40. The molecule has 134 valence electrons. The molecule has 0 radical (unpaired) electrons. The van der Waals surface area contributed by atoms with E-state index in [-0.39, 0.29) is 5.75 Å². The van der Waals surface area contributed by atoms with Crippen molar-refractivity contribution in [3.8, 4) is 28.4 Å². The SMILES string of the molecule is Cc1cccc(-c2n[nH]c(I)c2-c2ccc3ncc(OC(N)=O)cc3n2)n1. The summed E-state index contributed by atoms with van der Waals surface area (Å²) in [6.45, 7) is 1.93. The van der Waals surface area contributed by atoms with Crippen LogP contribution in [0.25, 0.3) is 33.7 Å². The van der Waals surface area contributed by atoms with Crippen LogP contribution in [0.3, 0.4) is 0 Å². The van der Waals surface area contributed by atoms with Gasteiger partial charge in [0.05, 0.1) is 34.2 Å². The number of nitrogens with one attached hydrogen (secondary N) is 1. The van der Waals surface area contributed by atoms with E-state index in [1.807, 2.05) is 37.3 Å². The van der Waals surface area contributed by atoms with Gasteiger partial charge in [-0.3, -0.25) is 15.1 Å². The Morgan fingerprint density at radius 2 is 2.00 bits per heavy atom. The molecule has 0 atom stereocenters. The first-order valence-electron chi connectivity index (χ1n) is 7.93. The van der Waals surface area contributed by atoms with Gasteiger partial charge in [0.2, 0.25) is 0 Å². The molecule has 0 unspecified atom stereocenters. The molecule has 0 bridgehead atoms. The third kappa shape index (κ3) is 3.45. The average molecular weight is 472 g/mol. The third-order valence-corrected chi connectivity index (χ3v) is 4.62. The van der Waals surface area contributed by atoms with Crippen molar-refractivity contribution in [1.29, 1.82) is 0 Å². The highest BCUT2D eigenvalue weighted by molar-refractivity contribution is 14.1. The molecule has 3 N–H and O–H groups in total. The molecular formula is C18H13IN6O2. The molecule has 0 aliphatic carbocycles. The van der Waals surface area contributed by atoms with Crippen LogP contribution in [0.2, 0.25) is 0 Å². The molecule has 8 nitrogen and oxygen atoms in total. The van der Waals surface area contributed by atoms with Gasteiger partial charge < -0.3 is 10.5 Å². The number of nitrogens with zero attached hydrogens (tertiary/aromatic N) is 4. The predicted molar refractivity (Wildman–Crippen MR) is 108 cm³/mol. The first-order chi connectivity index (χ1) is 13.0. The van der Waals surface area contributed by atoms with Crippen LogP contribution >= 0.6 is 22.6 Å². The van der Waals surface area contributed by atoms with Crippen molar-refractivity contribution in [2.24, 2.45) is 5.73 Å². The number of primary amides is 1. The quantitative estimate of drug-likeness (QED) is 0.441. The fourth-order valence-electron chi connectivity index (χ4n) is 2.71. The molecule has 0 saturated carbocycles. The molecule has 0 saturated heterocycles. The number of aromatic amines is 1. The van der Waals surface area contributed by atoms with E-state index < -0.39 is 6.09 Å². The maximum absolute atomic E-state index is 11.0. The van der Waals surface area contributed by atoms with Crippen molar-refractivity contribution >= 4 is 39.7 Å². The van der Waals surface area contributed by atoms with E-state index in [1.165, 1.54) is 6.20 Å². The Morgan fingerprint density at radius 1 is 1.15 bits per heavy atom. The highest BCUT2D eigenvalue weighted by Gasteiger charge is 2.18. The van der Waals surface area contributed by atoms with Gasteiger partial charge in [-0.2, -0.15) is 5.10 Å². The lowest BCUT2D eigenvalue weighted by molar-refractivity contribution is 0.211. The Balaban J connectivity index is 1.85. The smallest absolute Gasteiger partial charge is 0.409 e. The number of hydrogen-bond donors (Lipinski definition) is 2. The Bertz CT molecular complexity index is 1170. The Morgan fingerprint density at radius 3 is 2.78 bits per heavy atom. The number of ether oxygens (including phenoxy) is 1. The Hall–Kier alpha value is -3.08. The molecule has 4 rings (SSSR count). The lowest BCUT2D eigenvalue weighted by atomic mass is 10.1. The van der Waals surface area contributed by atoms with Crippen LogP contribution in [0.1, 0.15) is 5.69 Å². The number of amides is 1. The topological polar surface area (TPSA) is 120 Å². The molecule has 0 aliphatic rings. The number of hydrogen-bond acceptors (Lipinski definition) is 6. The monoisotopic (exact) mass is 472 g/mol. The second-order valence-electron chi connectivity index (χ2n) is 5.75. The normalized spacial score (nSPS) is 10.9. The van der Waals surface area contributed by atoms with Crippen molar-refractivity contribution in [2.45, 2.75) is 6.92 Å². The number of rotatable bonds is 3. The summed E-state index contributed by atoms with van der Waals surface area (Å²) >= 11 is 2.18. The minimum atomic E-state index is -0.899. The van der Waals surface area contributed by atoms with Gasteiger partial charge >= 0.3 is 6.09 Å². The molecule has 0 spiro atoms. The number of carbonyl (C=O) groups is 1. The number of aryl methyl sites for hydroxylation is 1. The third-order valence-electron chi connectivity index (χ3n) is 3.84. The van der Waals surface area contributed by atoms with E-state index >= 15 is 0 Å². The minimum absolute atomic E-state index is 0.238. The summed E-state index contributed by atoms with van der Waals surface area (Å²) in [7, 11) is 0. The molecule has 0 aliphatic heterocycles.